The molecule has 3 heterocycles. The molecule has 0 N–H and O–H groups in total. The second kappa shape index (κ2) is 5.16. The molecule has 4 rings (SSSR count). The van der Waals surface area contributed by atoms with Gasteiger partial charge in [-0.15, -0.1) is 0 Å². The minimum atomic E-state index is -0.279. The molecule has 2 aliphatic heterocycles. The van der Waals surface area contributed by atoms with Gasteiger partial charge in [-0.05, 0) is 12.1 Å². The molecule has 2 amide bonds. The topological polar surface area (TPSA) is 54.8 Å². The zero-order chi connectivity index (χ0) is 16.1. The normalized spacial score (nSPS) is 20.8. The van der Waals surface area contributed by atoms with Gasteiger partial charge in [0, 0.05) is 32.1 Å². The van der Waals surface area contributed by atoms with Crippen LogP contribution in [-0.4, -0.2) is 58.7 Å². The van der Waals surface area contributed by atoms with Crippen LogP contribution in [0.2, 0.25) is 5.02 Å². The first-order valence-corrected chi connectivity index (χ1v) is 7.90. The third-order valence-corrected chi connectivity index (χ3v) is 4.93. The van der Waals surface area contributed by atoms with Crippen molar-refractivity contribution in [3.63, 3.8) is 0 Å². The number of aromatic nitrogens is 1. The molecule has 2 saturated heterocycles. The number of rotatable bonds is 1. The summed E-state index contributed by atoms with van der Waals surface area (Å²) >= 11 is 6.25. The number of hydrogen-bond acceptors (Lipinski definition) is 3. The number of hydrogen-bond donors (Lipinski definition) is 0. The van der Waals surface area contributed by atoms with Crippen LogP contribution in [-0.2, 0) is 11.8 Å². The largest absolute Gasteiger partial charge is 0.447 e. The lowest BCUT2D eigenvalue weighted by Gasteiger charge is -2.35. The zero-order valence-corrected chi connectivity index (χ0v) is 13.4. The fourth-order valence-corrected chi connectivity index (χ4v) is 3.72. The number of fused-ring (bicyclic) bond motifs is 2. The number of nitrogens with zero attached hydrogens (tertiary/aromatic N) is 3. The second-order valence-electron chi connectivity index (χ2n) is 5.94. The van der Waals surface area contributed by atoms with E-state index in [1.807, 2.05) is 35.9 Å². The predicted octanol–water partition coefficient (Wildman–Crippen LogP) is 2.11. The number of amides is 2. The van der Waals surface area contributed by atoms with Crippen LogP contribution >= 0.6 is 11.6 Å². The Bertz CT molecular complexity index is 816. The Morgan fingerprint density at radius 1 is 1.35 bits per heavy atom. The van der Waals surface area contributed by atoms with Crippen LogP contribution in [0, 0.1) is 0 Å². The average molecular weight is 334 g/mol. The minimum absolute atomic E-state index is 0.0428. The van der Waals surface area contributed by atoms with E-state index < -0.39 is 0 Å². The van der Waals surface area contributed by atoms with Crippen molar-refractivity contribution in [2.24, 2.45) is 7.05 Å². The average Bonchev–Trinajstić information content (AvgIpc) is 3.08. The Kier molecular flexibility index (Phi) is 3.23. The first kappa shape index (κ1) is 14.4. The highest BCUT2D eigenvalue weighted by Crippen LogP contribution is 2.27. The molecule has 1 aromatic carbocycles. The number of carbonyl (C=O) groups is 2. The second-order valence-corrected chi connectivity index (χ2v) is 6.35. The molecular formula is C16H16ClN3O3. The highest BCUT2D eigenvalue weighted by Gasteiger charge is 2.39. The van der Waals surface area contributed by atoms with Gasteiger partial charge in [-0.3, -0.25) is 9.69 Å². The smallest absolute Gasteiger partial charge is 0.410 e. The summed E-state index contributed by atoms with van der Waals surface area (Å²) in [7, 11) is 1.85. The summed E-state index contributed by atoms with van der Waals surface area (Å²) < 4.78 is 6.88. The number of piperazine rings is 1. The third-order valence-electron chi connectivity index (χ3n) is 4.63. The van der Waals surface area contributed by atoms with Gasteiger partial charge in [0.2, 0.25) is 0 Å². The summed E-state index contributed by atoms with van der Waals surface area (Å²) in [6.45, 7) is 1.88. The van der Waals surface area contributed by atoms with Gasteiger partial charge < -0.3 is 14.2 Å². The predicted molar refractivity (Wildman–Crippen MR) is 85.7 cm³/mol. The maximum absolute atomic E-state index is 12.9. The summed E-state index contributed by atoms with van der Waals surface area (Å²) in [5.74, 6) is -0.0428. The van der Waals surface area contributed by atoms with Crippen molar-refractivity contribution in [1.82, 2.24) is 14.4 Å². The molecule has 0 aliphatic carbocycles. The van der Waals surface area contributed by atoms with Crippen molar-refractivity contribution >= 4 is 34.5 Å². The van der Waals surface area contributed by atoms with Crippen molar-refractivity contribution in [2.45, 2.75) is 6.04 Å². The Hall–Kier alpha value is -2.21. The van der Waals surface area contributed by atoms with Gasteiger partial charge in [0.15, 0.2) is 0 Å². The lowest BCUT2D eigenvalue weighted by atomic mass is 10.2. The molecule has 2 aliphatic rings. The SMILES string of the molecule is Cn1c(C(=O)N2CCN3C(=O)OC[C@@H]3C2)cc2cccc(Cl)c21. The van der Waals surface area contributed by atoms with Crippen LogP contribution in [0.3, 0.4) is 0 Å². The molecule has 0 bridgehead atoms. The van der Waals surface area contributed by atoms with Crippen molar-refractivity contribution < 1.29 is 14.3 Å². The van der Waals surface area contributed by atoms with Crippen molar-refractivity contribution in [3.8, 4) is 0 Å². The highest BCUT2D eigenvalue weighted by atomic mass is 35.5. The van der Waals surface area contributed by atoms with Gasteiger partial charge in [-0.1, -0.05) is 23.7 Å². The molecule has 0 spiro atoms. The van der Waals surface area contributed by atoms with Crippen molar-refractivity contribution in [1.29, 1.82) is 0 Å². The first-order chi connectivity index (χ1) is 11.1. The van der Waals surface area contributed by atoms with Crippen LogP contribution in [0.15, 0.2) is 24.3 Å². The van der Waals surface area contributed by atoms with E-state index in [4.69, 9.17) is 16.3 Å². The number of para-hydroxylation sites is 1. The van der Waals surface area contributed by atoms with Crippen molar-refractivity contribution in [3.05, 3.63) is 35.0 Å². The van der Waals surface area contributed by atoms with E-state index in [0.717, 1.165) is 10.9 Å². The molecule has 0 unspecified atom stereocenters. The van der Waals surface area contributed by atoms with E-state index in [1.54, 1.807) is 9.80 Å². The van der Waals surface area contributed by atoms with E-state index in [-0.39, 0.29) is 18.0 Å². The Labute approximate surface area is 138 Å². The summed E-state index contributed by atoms with van der Waals surface area (Å²) in [6, 6.07) is 7.46. The first-order valence-electron chi connectivity index (χ1n) is 7.53. The van der Waals surface area contributed by atoms with Gasteiger partial charge in [0.25, 0.3) is 5.91 Å². The Balaban J connectivity index is 1.64. The van der Waals surface area contributed by atoms with Crippen LogP contribution in [0.1, 0.15) is 10.5 Å². The molecule has 23 heavy (non-hydrogen) atoms. The summed E-state index contributed by atoms with van der Waals surface area (Å²) in [5.41, 5.74) is 1.46. The van der Waals surface area contributed by atoms with Crippen LogP contribution in [0.25, 0.3) is 10.9 Å². The Morgan fingerprint density at radius 2 is 2.17 bits per heavy atom. The molecule has 2 aromatic rings. The maximum atomic E-state index is 12.9. The zero-order valence-electron chi connectivity index (χ0n) is 12.7. The maximum Gasteiger partial charge on any atom is 0.410 e. The van der Waals surface area contributed by atoms with E-state index >= 15 is 0 Å². The standard InChI is InChI=1S/C16H16ClN3O3/c1-18-13(7-10-3-2-4-12(17)14(10)18)15(21)19-5-6-20-11(8-19)9-23-16(20)22/h2-4,7,11H,5-6,8-9H2,1H3/t11-/m0/s1. The molecule has 120 valence electrons. The summed E-state index contributed by atoms with van der Waals surface area (Å²) in [6.07, 6.45) is -0.279. The van der Waals surface area contributed by atoms with E-state index in [2.05, 4.69) is 0 Å². The van der Waals surface area contributed by atoms with Crippen LogP contribution in [0.5, 0.6) is 0 Å². The fraction of sp³-hybridized carbons (Fsp3) is 0.375. The lowest BCUT2D eigenvalue weighted by molar-refractivity contribution is 0.0608. The third kappa shape index (κ3) is 2.16. The lowest BCUT2D eigenvalue weighted by Crippen LogP contribution is -2.53. The van der Waals surface area contributed by atoms with Crippen LogP contribution < -0.4 is 0 Å². The fourth-order valence-electron chi connectivity index (χ4n) is 3.41. The number of aryl methyl sites for hydroxylation is 1. The van der Waals surface area contributed by atoms with Gasteiger partial charge >= 0.3 is 6.09 Å². The molecular weight excluding hydrogens is 318 g/mol. The molecule has 1 atom stereocenters. The quantitative estimate of drug-likeness (QED) is 0.803. The van der Waals surface area contributed by atoms with E-state index in [9.17, 15) is 9.59 Å². The molecule has 0 saturated carbocycles. The molecule has 7 heteroatoms. The summed E-state index contributed by atoms with van der Waals surface area (Å²) in [4.78, 5) is 27.9. The molecule has 1 aromatic heterocycles. The Morgan fingerprint density at radius 3 is 2.96 bits per heavy atom. The van der Waals surface area contributed by atoms with Crippen molar-refractivity contribution in [2.75, 3.05) is 26.2 Å². The monoisotopic (exact) mass is 333 g/mol. The van der Waals surface area contributed by atoms with Gasteiger partial charge in [-0.2, -0.15) is 0 Å². The molecule has 0 radical (unpaired) electrons. The minimum Gasteiger partial charge on any atom is -0.447 e. The van der Waals surface area contributed by atoms with Gasteiger partial charge in [0.05, 0.1) is 16.6 Å². The number of benzene rings is 1. The molecule has 6 nitrogen and oxygen atoms in total. The van der Waals surface area contributed by atoms with E-state index in [0.29, 0.717) is 37.0 Å². The number of carbonyl (C=O) groups excluding carboxylic acids is 2. The van der Waals surface area contributed by atoms with E-state index in [1.165, 1.54) is 0 Å². The molecule has 2 fully saturated rings. The van der Waals surface area contributed by atoms with Gasteiger partial charge in [-0.25, -0.2) is 4.79 Å². The summed E-state index contributed by atoms with van der Waals surface area (Å²) in [5, 5.41) is 1.57. The van der Waals surface area contributed by atoms with Crippen LogP contribution in [0.4, 0.5) is 4.79 Å². The number of ether oxygens (including phenoxy) is 1. The van der Waals surface area contributed by atoms with Gasteiger partial charge in [0.1, 0.15) is 12.3 Å². The number of halogens is 1. The highest BCUT2D eigenvalue weighted by molar-refractivity contribution is 6.35. The number of cyclic esters (lactones) is 1.